The molecule has 0 amide bonds. The van der Waals surface area contributed by atoms with Gasteiger partial charge in [-0.2, -0.15) is 0 Å². The van der Waals surface area contributed by atoms with E-state index >= 15 is 0 Å². The topological polar surface area (TPSA) is 18.5 Å². The number of unbranched alkanes of at least 4 members (excludes halogenated alkanes) is 4. The normalized spacial score (nSPS) is 27.4. The van der Waals surface area contributed by atoms with E-state index in [0.717, 1.165) is 12.8 Å². The van der Waals surface area contributed by atoms with Gasteiger partial charge in [-0.15, -0.1) is 6.58 Å². The van der Waals surface area contributed by atoms with Crippen molar-refractivity contribution < 1.29 is 9.47 Å². The first kappa shape index (κ1) is 16.7. The van der Waals surface area contributed by atoms with E-state index in [-0.39, 0.29) is 12.2 Å². The molecule has 2 nitrogen and oxygen atoms in total. The van der Waals surface area contributed by atoms with Gasteiger partial charge < -0.3 is 9.47 Å². The van der Waals surface area contributed by atoms with Crippen LogP contribution in [0.1, 0.15) is 72.6 Å². The van der Waals surface area contributed by atoms with Crippen LogP contribution >= 0.6 is 0 Å². The van der Waals surface area contributed by atoms with Crippen LogP contribution in [0.25, 0.3) is 0 Å². The lowest BCUT2D eigenvalue weighted by Gasteiger charge is -2.18. The Labute approximate surface area is 119 Å². The first-order chi connectivity index (χ1) is 8.98. The third-order valence-corrected chi connectivity index (χ3v) is 3.88. The summed E-state index contributed by atoms with van der Waals surface area (Å²) in [6, 6.07) is 0. The van der Waals surface area contributed by atoms with Crippen LogP contribution in [0.15, 0.2) is 12.7 Å². The van der Waals surface area contributed by atoms with E-state index in [1.807, 2.05) is 19.9 Å². The van der Waals surface area contributed by atoms with Crippen molar-refractivity contribution in [3.8, 4) is 0 Å². The van der Waals surface area contributed by atoms with E-state index in [9.17, 15) is 0 Å². The SMILES string of the molecule is C=C[C@@H](C)C[C@H]1OC(C)(C)O[C@@H]1CCCCCCC. The third-order valence-electron chi connectivity index (χ3n) is 3.88. The van der Waals surface area contributed by atoms with Crippen molar-refractivity contribution in [3.63, 3.8) is 0 Å². The van der Waals surface area contributed by atoms with E-state index in [0.29, 0.717) is 5.92 Å². The van der Waals surface area contributed by atoms with Crippen molar-refractivity contribution in [1.29, 1.82) is 0 Å². The molecule has 3 atom stereocenters. The molecule has 19 heavy (non-hydrogen) atoms. The average molecular weight is 268 g/mol. The highest BCUT2D eigenvalue weighted by molar-refractivity contribution is 4.86. The molecule has 0 aromatic heterocycles. The van der Waals surface area contributed by atoms with Crippen molar-refractivity contribution >= 4 is 0 Å². The molecule has 0 N–H and O–H groups in total. The van der Waals surface area contributed by atoms with Crippen LogP contribution in [0, 0.1) is 5.92 Å². The second kappa shape index (κ2) is 8.06. The highest BCUT2D eigenvalue weighted by Crippen LogP contribution is 2.34. The van der Waals surface area contributed by atoms with Crippen LogP contribution in [0.5, 0.6) is 0 Å². The molecule has 0 aromatic carbocycles. The Morgan fingerprint density at radius 1 is 1.11 bits per heavy atom. The molecule has 1 saturated heterocycles. The van der Waals surface area contributed by atoms with E-state index in [4.69, 9.17) is 9.47 Å². The van der Waals surface area contributed by atoms with Crippen LogP contribution in [0.2, 0.25) is 0 Å². The molecule has 0 aromatic rings. The molecular weight excluding hydrogens is 236 g/mol. The molecule has 0 radical (unpaired) electrons. The summed E-state index contributed by atoms with van der Waals surface area (Å²) in [4.78, 5) is 0. The zero-order chi connectivity index (χ0) is 14.3. The molecular formula is C17H32O2. The lowest BCUT2D eigenvalue weighted by molar-refractivity contribution is -0.147. The summed E-state index contributed by atoms with van der Waals surface area (Å²) < 4.78 is 12.1. The minimum Gasteiger partial charge on any atom is -0.345 e. The predicted octanol–water partition coefficient (Wildman–Crippen LogP) is 5.08. The van der Waals surface area contributed by atoms with Crippen molar-refractivity contribution in [2.24, 2.45) is 5.92 Å². The largest absolute Gasteiger partial charge is 0.345 e. The van der Waals surface area contributed by atoms with Crippen molar-refractivity contribution in [2.75, 3.05) is 0 Å². The molecule has 0 spiro atoms. The number of allylic oxidation sites excluding steroid dienone is 1. The van der Waals surface area contributed by atoms with Crippen molar-refractivity contribution in [1.82, 2.24) is 0 Å². The quantitative estimate of drug-likeness (QED) is 0.429. The highest BCUT2D eigenvalue weighted by Gasteiger charge is 2.40. The van der Waals surface area contributed by atoms with Crippen LogP contribution in [0.4, 0.5) is 0 Å². The smallest absolute Gasteiger partial charge is 0.163 e. The Hall–Kier alpha value is -0.340. The zero-order valence-electron chi connectivity index (χ0n) is 13.3. The Kier molecular flexibility index (Phi) is 7.09. The number of hydrogen-bond donors (Lipinski definition) is 0. The lowest BCUT2D eigenvalue weighted by Crippen LogP contribution is -2.24. The van der Waals surface area contributed by atoms with Crippen LogP contribution in [-0.2, 0) is 9.47 Å². The van der Waals surface area contributed by atoms with Gasteiger partial charge in [-0.1, -0.05) is 52.0 Å². The van der Waals surface area contributed by atoms with Gasteiger partial charge in [-0.05, 0) is 32.6 Å². The summed E-state index contributed by atoms with van der Waals surface area (Å²) in [5.41, 5.74) is 0. The summed E-state index contributed by atoms with van der Waals surface area (Å²) in [5.74, 6) is 0.0738. The maximum Gasteiger partial charge on any atom is 0.163 e. The second-order valence-corrected chi connectivity index (χ2v) is 6.36. The molecule has 0 aliphatic carbocycles. The molecule has 1 heterocycles. The van der Waals surface area contributed by atoms with Gasteiger partial charge in [0.2, 0.25) is 0 Å². The van der Waals surface area contributed by atoms with Crippen molar-refractivity contribution in [3.05, 3.63) is 12.7 Å². The first-order valence-corrected chi connectivity index (χ1v) is 7.96. The second-order valence-electron chi connectivity index (χ2n) is 6.36. The Morgan fingerprint density at radius 2 is 1.74 bits per heavy atom. The van der Waals surface area contributed by atoms with Gasteiger partial charge in [-0.3, -0.25) is 0 Å². The van der Waals surface area contributed by atoms with E-state index in [1.54, 1.807) is 0 Å². The summed E-state index contributed by atoms with van der Waals surface area (Å²) in [6.07, 6.45) is 11.2. The summed E-state index contributed by atoms with van der Waals surface area (Å²) in [7, 11) is 0. The molecule has 1 aliphatic rings. The maximum atomic E-state index is 6.06. The molecule has 112 valence electrons. The number of ether oxygens (including phenoxy) is 2. The lowest BCUT2D eigenvalue weighted by atomic mass is 9.97. The first-order valence-electron chi connectivity index (χ1n) is 7.96. The third kappa shape index (κ3) is 6.09. The van der Waals surface area contributed by atoms with Crippen molar-refractivity contribution in [2.45, 2.75) is 90.6 Å². The number of rotatable bonds is 9. The molecule has 0 unspecified atom stereocenters. The average Bonchev–Trinajstić information content (AvgIpc) is 2.63. The van der Waals surface area contributed by atoms with Gasteiger partial charge in [0.25, 0.3) is 0 Å². The molecule has 0 saturated carbocycles. The molecule has 1 aliphatic heterocycles. The summed E-state index contributed by atoms with van der Waals surface area (Å²) >= 11 is 0. The van der Waals surface area contributed by atoms with Crippen LogP contribution < -0.4 is 0 Å². The fourth-order valence-corrected chi connectivity index (χ4v) is 2.77. The Bertz CT molecular complexity index is 260. The van der Waals surface area contributed by atoms with Gasteiger partial charge in [0.1, 0.15) is 0 Å². The summed E-state index contributed by atoms with van der Waals surface area (Å²) in [6.45, 7) is 12.4. The molecule has 0 bridgehead atoms. The fraction of sp³-hybridized carbons (Fsp3) is 0.882. The van der Waals surface area contributed by atoms with E-state index < -0.39 is 5.79 Å². The standard InChI is InChI=1S/C17H32O2/c1-6-8-9-10-11-12-15-16(13-14(3)7-2)19-17(4,5)18-15/h7,14-16H,2,6,8-13H2,1,3-5H3/t14-,15-,16-/m1/s1. The highest BCUT2D eigenvalue weighted by atomic mass is 16.7. The van der Waals surface area contributed by atoms with Crippen LogP contribution in [-0.4, -0.2) is 18.0 Å². The van der Waals surface area contributed by atoms with Gasteiger partial charge in [0.15, 0.2) is 5.79 Å². The Morgan fingerprint density at radius 3 is 2.37 bits per heavy atom. The maximum absolute atomic E-state index is 6.06. The molecule has 2 heteroatoms. The van der Waals surface area contributed by atoms with Gasteiger partial charge in [0, 0.05) is 0 Å². The predicted molar refractivity (Wildman–Crippen MR) is 81.2 cm³/mol. The Balaban J connectivity index is 2.37. The molecule has 1 fully saturated rings. The van der Waals surface area contributed by atoms with Crippen LogP contribution in [0.3, 0.4) is 0 Å². The minimum atomic E-state index is -0.417. The van der Waals surface area contributed by atoms with E-state index in [1.165, 1.54) is 32.1 Å². The number of hydrogen-bond acceptors (Lipinski definition) is 2. The van der Waals surface area contributed by atoms with Gasteiger partial charge in [0.05, 0.1) is 12.2 Å². The van der Waals surface area contributed by atoms with Gasteiger partial charge in [-0.25, -0.2) is 0 Å². The fourth-order valence-electron chi connectivity index (χ4n) is 2.77. The van der Waals surface area contributed by atoms with Gasteiger partial charge >= 0.3 is 0 Å². The molecule has 1 rings (SSSR count). The summed E-state index contributed by atoms with van der Waals surface area (Å²) in [5, 5.41) is 0. The monoisotopic (exact) mass is 268 g/mol. The minimum absolute atomic E-state index is 0.231. The zero-order valence-corrected chi connectivity index (χ0v) is 13.3. The van der Waals surface area contributed by atoms with E-state index in [2.05, 4.69) is 20.4 Å².